The Bertz CT molecular complexity index is 2080. The summed E-state index contributed by atoms with van der Waals surface area (Å²) >= 11 is 0. The molecule has 6 aromatic rings. The number of para-hydroxylation sites is 2. The maximum atomic E-state index is 3.84. The Kier molecular flexibility index (Phi) is 4.16. The van der Waals surface area contributed by atoms with Crippen LogP contribution in [0.1, 0.15) is 34.0 Å². The molecule has 3 heteroatoms. The number of hydrogen-bond acceptors (Lipinski definition) is 2. The fourth-order valence-electron chi connectivity index (χ4n) is 8.31. The summed E-state index contributed by atoms with van der Waals surface area (Å²) in [6, 6.07) is 41.7. The van der Waals surface area contributed by atoms with Crippen molar-refractivity contribution in [2.45, 2.75) is 23.7 Å². The van der Waals surface area contributed by atoms with Gasteiger partial charge in [-0.2, -0.15) is 0 Å². The first-order chi connectivity index (χ1) is 20.3. The van der Waals surface area contributed by atoms with E-state index in [1.165, 1.54) is 66.4 Å². The molecule has 1 saturated heterocycles. The summed E-state index contributed by atoms with van der Waals surface area (Å²) in [7, 11) is 0. The van der Waals surface area contributed by atoms with Crippen LogP contribution in [0.2, 0.25) is 0 Å². The molecule has 3 nitrogen and oxygen atoms in total. The Labute approximate surface area is 238 Å². The first-order valence-electron chi connectivity index (χ1n) is 14.6. The van der Waals surface area contributed by atoms with Crippen molar-refractivity contribution < 1.29 is 0 Å². The highest BCUT2D eigenvalue weighted by Gasteiger charge is 2.51. The zero-order chi connectivity index (χ0) is 26.7. The molecule has 194 valence electrons. The number of hydrogen-bond donors (Lipinski definition) is 2. The fraction of sp³-hybridized carbons (Fsp3) is 0.105. The van der Waals surface area contributed by atoms with Crippen LogP contribution in [-0.2, 0) is 5.41 Å². The van der Waals surface area contributed by atoms with Gasteiger partial charge in [0.25, 0.3) is 0 Å². The molecule has 2 atom stereocenters. The van der Waals surface area contributed by atoms with E-state index in [1.807, 2.05) is 0 Å². The van der Waals surface area contributed by atoms with Gasteiger partial charge in [-0.15, -0.1) is 0 Å². The Hall–Kier alpha value is -4.70. The molecule has 2 aliphatic heterocycles. The average molecular weight is 526 g/mol. The molecule has 1 aromatic heterocycles. The van der Waals surface area contributed by atoms with Gasteiger partial charge < -0.3 is 4.57 Å². The second-order valence-corrected chi connectivity index (χ2v) is 11.8. The van der Waals surface area contributed by atoms with Crippen molar-refractivity contribution in [3.63, 3.8) is 0 Å². The Morgan fingerprint density at radius 1 is 0.561 bits per heavy atom. The second kappa shape index (κ2) is 7.73. The Balaban J connectivity index is 1.35. The molecule has 1 fully saturated rings. The smallest absolute Gasteiger partial charge is 0.0846 e. The van der Waals surface area contributed by atoms with Gasteiger partial charge in [-0.3, -0.25) is 10.6 Å². The van der Waals surface area contributed by atoms with Gasteiger partial charge in [-0.05, 0) is 57.1 Å². The second-order valence-electron chi connectivity index (χ2n) is 11.8. The molecule has 2 N–H and O–H groups in total. The molecule has 0 bridgehead atoms. The van der Waals surface area contributed by atoms with Gasteiger partial charge >= 0.3 is 0 Å². The minimum Gasteiger partial charge on any atom is -0.309 e. The monoisotopic (exact) mass is 525 g/mol. The Morgan fingerprint density at radius 2 is 1.20 bits per heavy atom. The summed E-state index contributed by atoms with van der Waals surface area (Å²) in [6.45, 7) is 0. The highest BCUT2D eigenvalue weighted by Crippen LogP contribution is 2.61. The van der Waals surface area contributed by atoms with Crippen LogP contribution < -0.4 is 10.6 Å². The number of aromatic nitrogens is 1. The molecule has 2 unspecified atom stereocenters. The van der Waals surface area contributed by atoms with Gasteiger partial charge in [-0.25, -0.2) is 0 Å². The third kappa shape index (κ3) is 2.62. The summed E-state index contributed by atoms with van der Waals surface area (Å²) in [4.78, 5) is 0. The van der Waals surface area contributed by atoms with Crippen molar-refractivity contribution in [2.75, 3.05) is 0 Å². The van der Waals surface area contributed by atoms with Crippen LogP contribution in [0.25, 0.3) is 38.6 Å². The molecule has 1 spiro atoms. The first kappa shape index (κ1) is 22.0. The van der Waals surface area contributed by atoms with E-state index in [2.05, 4.69) is 149 Å². The number of nitrogens with one attached hydrogen (secondary N) is 2. The molecule has 0 saturated carbocycles. The van der Waals surface area contributed by atoms with Gasteiger partial charge in [0.15, 0.2) is 0 Å². The number of benzene rings is 5. The molecule has 5 aromatic carbocycles. The molecule has 10 rings (SSSR count). The van der Waals surface area contributed by atoms with E-state index in [-0.39, 0.29) is 6.17 Å². The van der Waals surface area contributed by atoms with E-state index in [1.54, 1.807) is 0 Å². The third-order valence-corrected chi connectivity index (χ3v) is 9.90. The van der Waals surface area contributed by atoms with Crippen LogP contribution in [0.3, 0.4) is 0 Å². The van der Waals surface area contributed by atoms with Crippen LogP contribution in [0.5, 0.6) is 0 Å². The Morgan fingerprint density at radius 3 is 1.95 bits per heavy atom. The minimum absolute atomic E-state index is 0.0743. The SMILES string of the molecule is C1=CC2NC(c3ccc4c(c3)C3(c5ccccc5-c5ccccc53)c3cccc5c6ccccc6n-4c35)NC2C=C1. The zero-order valence-corrected chi connectivity index (χ0v) is 22.4. The van der Waals surface area contributed by atoms with Gasteiger partial charge in [0.1, 0.15) is 0 Å². The maximum absolute atomic E-state index is 3.84. The van der Waals surface area contributed by atoms with Crippen LogP contribution in [0, 0.1) is 0 Å². The predicted molar refractivity (Wildman–Crippen MR) is 167 cm³/mol. The molecule has 41 heavy (non-hydrogen) atoms. The normalized spacial score (nSPS) is 22.2. The summed E-state index contributed by atoms with van der Waals surface area (Å²) in [6.07, 6.45) is 8.89. The van der Waals surface area contributed by atoms with E-state index in [4.69, 9.17) is 0 Å². The highest BCUT2D eigenvalue weighted by molar-refractivity contribution is 6.12. The average Bonchev–Trinajstić information content (AvgIpc) is 3.70. The lowest BCUT2D eigenvalue weighted by molar-refractivity contribution is 0.566. The lowest BCUT2D eigenvalue weighted by atomic mass is 9.65. The molecule has 0 radical (unpaired) electrons. The molecule has 4 aliphatic rings. The highest BCUT2D eigenvalue weighted by atomic mass is 15.2. The molecule has 2 aliphatic carbocycles. The van der Waals surface area contributed by atoms with E-state index in [0.717, 1.165) is 0 Å². The molecule has 3 heterocycles. The number of rotatable bonds is 1. The van der Waals surface area contributed by atoms with E-state index in [0.29, 0.717) is 12.1 Å². The zero-order valence-electron chi connectivity index (χ0n) is 22.4. The van der Waals surface area contributed by atoms with Crippen molar-refractivity contribution in [2.24, 2.45) is 0 Å². The van der Waals surface area contributed by atoms with Gasteiger partial charge in [-0.1, -0.05) is 115 Å². The molecular formula is C38H27N3. The summed E-state index contributed by atoms with van der Waals surface area (Å²) in [5.74, 6) is 0. The van der Waals surface area contributed by atoms with Crippen molar-refractivity contribution in [3.05, 3.63) is 161 Å². The standard InChI is InChI=1S/C38H27N3/c1-4-14-28-24(10-1)25-11-2-5-15-29(25)38(28)30-16-9-13-27-26-12-3-8-19-34(26)41(36(27)30)35-21-20-23(22-31(35)38)37-39-32-17-6-7-18-33(32)40-37/h1-22,32-33,37,39-40H. The van der Waals surface area contributed by atoms with Gasteiger partial charge in [0.05, 0.1) is 28.3 Å². The van der Waals surface area contributed by atoms with Crippen molar-refractivity contribution >= 4 is 21.8 Å². The van der Waals surface area contributed by atoms with Crippen LogP contribution in [0.4, 0.5) is 0 Å². The summed E-state index contributed by atoms with van der Waals surface area (Å²) < 4.78 is 2.52. The van der Waals surface area contributed by atoms with E-state index < -0.39 is 5.41 Å². The lowest BCUT2D eigenvalue weighted by Gasteiger charge is -2.40. The van der Waals surface area contributed by atoms with E-state index >= 15 is 0 Å². The van der Waals surface area contributed by atoms with E-state index in [9.17, 15) is 0 Å². The van der Waals surface area contributed by atoms with Crippen molar-refractivity contribution in [3.8, 4) is 16.8 Å². The summed E-state index contributed by atoms with van der Waals surface area (Å²) in [5.41, 5.74) is 12.8. The molecule has 0 amide bonds. The van der Waals surface area contributed by atoms with Crippen LogP contribution >= 0.6 is 0 Å². The van der Waals surface area contributed by atoms with Crippen molar-refractivity contribution in [1.82, 2.24) is 15.2 Å². The van der Waals surface area contributed by atoms with Crippen LogP contribution in [0.15, 0.2) is 133 Å². The molecular weight excluding hydrogens is 498 g/mol. The minimum atomic E-state index is -0.409. The lowest BCUT2D eigenvalue weighted by Crippen LogP contribution is -2.34. The number of allylic oxidation sites excluding steroid dienone is 2. The number of nitrogens with zero attached hydrogens (tertiary/aromatic N) is 1. The third-order valence-electron chi connectivity index (χ3n) is 9.90. The van der Waals surface area contributed by atoms with Crippen LogP contribution in [-0.4, -0.2) is 16.7 Å². The van der Waals surface area contributed by atoms with Gasteiger partial charge in [0, 0.05) is 22.9 Å². The largest absolute Gasteiger partial charge is 0.309 e. The quantitative estimate of drug-likeness (QED) is 0.232. The fourth-order valence-corrected chi connectivity index (χ4v) is 8.31. The van der Waals surface area contributed by atoms with Gasteiger partial charge in [0.2, 0.25) is 0 Å². The maximum Gasteiger partial charge on any atom is 0.0846 e. The summed E-state index contributed by atoms with van der Waals surface area (Å²) in [5, 5.41) is 10.3. The topological polar surface area (TPSA) is 29.0 Å². The van der Waals surface area contributed by atoms with Crippen molar-refractivity contribution in [1.29, 1.82) is 0 Å². The predicted octanol–water partition coefficient (Wildman–Crippen LogP) is 7.51. The first-order valence-corrected chi connectivity index (χ1v) is 14.6. The number of fused-ring (bicyclic) bond motifs is 13.